The van der Waals surface area contributed by atoms with Crippen LogP contribution in [0.4, 0.5) is 0 Å². The zero-order chi connectivity index (χ0) is 11.7. The number of hydrogen-bond donors (Lipinski definition) is 1. The van der Waals surface area contributed by atoms with Crippen LogP contribution in [0.1, 0.15) is 32.0 Å². The molecule has 3 rings (SSSR count). The number of nitrogens with zero attached hydrogens (tertiary/aromatic N) is 2. The first-order valence-electron chi connectivity index (χ1n) is 6.50. The number of imidazole rings is 1. The number of H-pyrrole nitrogens is 1. The number of aromatic nitrogens is 2. The van der Waals surface area contributed by atoms with Gasteiger partial charge < -0.3 is 4.98 Å². The van der Waals surface area contributed by atoms with Crippen LogP contribution in [0.25, 0.3) is 11.0 Å². The Morgan fingerprint density at radius 1 is 1.35 bits per heavy atom. The van der Waals surface area contributed by atoms with Gasteiger partial charge in [-0.05, 0) is 38.4 Å². The van der Waals surface area contributed by atoms with Crippen molar-refractivity contribution in [3.63, 3.8) is 0 Å². The van der Waals surface area contributed by atoms with E-state index in [1.165, 1.54) is 25.8 Å². The largest absolute Gasteiger partial charge is 0.341 e. The second-order valence-electron chi connectivity index (χ2n) is 5.02. The molecule has 1 saturated heterocycles. The molecule has 1 atom stereocenters. The number of likely N-dealkylation sites (tertiary alicyclic amines) is 1. The molecule has 3 nitrogen and oxygen atoms in total. The van der Waals surface area contributed by atoms with E-state index in [4.69, 9.17) is 0 Å². The lowest BCUT2D eigenvalue weighted by atomic mass is 10.0. The number of hydrogen-bond acceptors (Lipinski definition) is 2. The van der Waals surface area contributed by atoms with Gasteiger partial charge in [-0.2, -0.15) is 0 Å². The highest BCUT2D eigenvalue weighted by Crippen LogP contribution is 2.19. The van der Waals surface area contributed by atoms with Crippen molar-refractivity contribution in [3.05, 3.63) is 30.1 Å². The first kappa shape index (κ1) is 10.8. The maximum atomic E-state index is 4.64. The Balaban J connectivity index is 1.79. The Morgan fingerprint density at radius 3 is 3.06 bits per heavy atom. The van der Waals surface area contributed by atoms with Crippen LogP contribution in [0.15, 0.2) is 24.3 Å². The Kier molecular flexibility index (Phi) is 2.85. The van der Waals surface area contributed by atoms with Crippen LogP contribution in [0.5, 0.6) is 0 Å². The number of benzene rings is 1. The fraction of sp³-hybridized carbons (Fsp3) is 0.500. The fourth-order valence-corrected chi connectivity index (χ4v) is 2.67. The number of fused-ring (bicyclic) bond motifs is 1. The van der Waals surface area contributed by atoms with E-state index >= 15 is 0 Å². The molecule has 1 aromatic carbocycles. The van der Waals surface area contributed by atoms with E-state index in [9.17, 15) is 0 Å². The van der Waals surface area contributed by atoms with Crippen molar-refractivity contribution >= 4 is 11.0 Å². The molecule has 0 aliphatic carbocycles. The fourth-order valence-electron chi connectivity index (χ4n) is 2.67. The molecule has 1 aliphatic rings. The van der Waals surface area contributed by atoms with E-state index in [2.05, 4.69) is 33.9 Å². The van der Waals surface area contributed by atoms with Crippen molar-refractivity contribution in [2.75, 3.05) is 6.54 Å². The minimum absolute atomic E-state index is 0.692. The summed E-state index contributed by atoms with van der Waals surface area (Å²) in [7, 11) is 0. The number of rotatable bonds is 2. The van der Waals surface area contributed by atoms with Gasteiger partial charge in [0, 0.05) is 6.04 Å². The van der Waals surface area contributed by atoms with E-state index in [-0.39, 0.29) is 0 Å². The Bertz CT molecular complexity index is 470. The SMILES string of the molecule is C[C@H]1CCCCN1Cc1nc2ccccc2[nH]1. The van der Waals surface area contributed by atoms with E-state index < -0.39 is 0 Å². The molecule has 90 valence electrons. The smallest absolute Gasteiger partial charge is 0.121 e. The van der Waals surface area contributed by atoms with Crippen molar-refractivity contribution in [2.24, 2.45) is 0 Å². The van der Waals surface area contributed by atoms with Gasteiger partial charge in [0.2, 0.25) is 0 Å². The van der Waals surface area contributed by atoms with Gasteiger partial charge in [-0.15, -0.1) is 0 Å². The van der Waals surface area contributed by atoms with Gasteiger partial charge in [0.1, 0.15) is 5.82 Å². The van der Waals surface area contributed by atoms with Crippen molar-refractivity contribution < 1.29 is 0 Å². The molecule has 2 aromatic rings. The summed E-state index contributed by atoms with van der Waals surface area (Å²) in [5.41, 5.74) is 2.22. The number of piperidine rings is 1. The van der Waals surface area contributed by atoms with E-state index in [1.807, 2.05) is 12.1 Å². The van der Waals surface area contributed by atoms with Crippen LogP contribution in [-0.4, -0.2) is 27.5 Å². The van der Waals surface area contributed by atoms with E-state index in [1.54, 1.807) is 0 Å². The lowest BCUT2D eigenvalue weighted by molar-refractivity contribution is 0.149. The molecule has 3 heteroatoms. The van der Waals surface area contributed by atoms with Crippen molar-refractivity contribution in [1.82, 2.24) is 14.9 Å². The van der Waals surface area contributed by atoms with Crippen LogP contribution in [0, 0.1) is 0 Å². The summed E-state index contributed by atoms with van der Waals surface area (Å²) in [6, 6.07) is 8.93. The maximum Gasteiger partial charge on any atom is 0.121 e. The van der Waals surface area contributed by atoms with Crippen molar-refractivity contribution in [2.45, 2.75) is 38.8 Å². The average molecular weight is 229 g/mol. The molecular weight excluding hydrogens is 210 g/mol. The van der Waals surface area contributed by atoms with Gasteiger partial charge in [-0.3, -0.25) is 4.90 Å². The average Bonchev–Trinajstić information content (AvgIpc) is 2.74. The predicted octanol–water partition coefficient (Wildman–Crippen LogP) is 2.94. The van der Waals surface area contributed by atoms with Gasteiger partial charge in [0.05, 0.1) is 17.6 Å². The number of nitrogens with one attached hydrogen (secondary N) is 1. The van der Waals surface area contributed by atoms with Crippen LogP contribution in [0.3, 0.4) is 0 Å². The summed E-state index contributed by atoms with van der Waals surface area (Å²) in [4.78, 5) is 10.6. The first-order valence-corrected chi connectivity index (χ1v) is 6.50. The Labute approximate surface area is 102 Å². The molecule has 0 unspecified atom stereocenters. The third-order valence-corrected chi connectivity index (χ3v) is 3.73. The summed E-state index contributed by atoms with van der Waals surface area (Å²) < 4.78 is 0. The van der Waals surface area contributed by atoms with Crippen molar-refractivity contribution in [1.29, 1.82) is 0 Å². The van der Waals surface area contributed by atoms with Gasteiger partial charge in [0.15, 0.2) is 0 Å². The van der Waals surface area contributed by atoms with Crippen LogP contribution >= 0.6 is 0 Å². The zero-order valence-corrected chi connectivity index (χ0v) is 10.3. The summed E-state index contributed by atoms with van der Waals surface area (Å²) >= 11 is 0. The molecule has 1 N–H and O–H groups in total. The topological polar surface area (TPSA) is 31.9 Å². The Hall–Kier alpha value is -1.35. The molecule has 17 heavy (non-hydrogen) atoms. The standard InChI is InChI=1S/C14H19N3/c1-11-6-4-5-9-17(11)10-14-15-12-7-2-3-8-13(12)16-14/h2-3,7-8,11H,4-6,9-10H2,1H3,(H,15,16)/t11-/m0/s1. The van der Waals surface area contributed by atoms with Crippen LogP contribution in [-0.2, 0) is 6.54 Å². The lowest BCUT2D eigenvalue weighted by Crippen LogP contribution is -2.37. The molecule has 0 amide bonds. The molecule has 1 aliphatic heterocycles. The minimum Gasteiger partial charge on any atom is -0.341 e. The molecule has 0 spiro atoms. The highest BCUT2D eigenvalue weighted by molar-refractivity contribution is 5.74. The minimum atomic E-state index is 0.692. The third kappa shape index (κ3) is 2.20. The first-order chi connectivity index (χ1) is 8.33. The quantitative estimate of drug-likeness (QED) is 0.858. The monoisotopic (exact) mass is 229 g/mol. The van der Waals surface area contributed by atoms with E-state index in [0.29, 0.717) is 6.04 Å². The van der Waals surface area contributed by atoms with Gasteiger partial charge in [-0.25, -0.2) is 4.98 Å². The maximum absolute atomic E-state index is 4.64. The summed E-state index contributed by atoms with van der Waals surface area (Å²) in [5, 5.41) is 0. The van der Waals surface area contributed by atoms with Crippen LogP contribution < -0.4 is 0 Å². The molecular formula is C14H19N3. The highest BCUT2D eigenvalue weighted by atomic mass is 15.2. The summed E-state index contributed by atoms with van der Waals surface area (Å²) in [5.74, 6) is 1.10. The normalized spacial score (nSPS) is 22.1. The molecule has 0 saturated carbocycles. The van der Waals surface area contributed by atoms with E-state index in [0.717, 1.165) is 23.4 Å². The second-order valence-corrected chi connectivity index (χ2v) is 5.02. The predicted molar refractivity (Wildman–Crippen MR) is 69.8 cm³/mol. The number of para-hydroxylation sites is 2. The summed E-state index contributed by atoms with van der Waals surface area (Å²) in [6.07, 6.45) is 4.02. The molecule has 2 heterocycles. The van der Waals surface area contributed by atoms with Gasteiger partial charge in [0.25, 0.3) is 0 Å². The molecule has 1 fully saturated rings. The lowest BCUT2D eigenvalue weighted by Gasteiger charge is -2.32. The third-order valence-electron chi connectivity index (χ3n) is 3.73. The molecule has 0 radical (unpaired) electrons. The Morgan fingerprint density at radius 2 is 2.24 bits per heavy atom. The van der Waals surface area contributed by atoms with Crippen molar-refractivity contribution in [3.8, 4) is 0 Å². The van der Waals surface area contributed by atoms with Gasteiger partial charge in [-0.1, -0.05) is 18.6 Å². The van der Waals surface area contributed by atoms with Crippen LogP contribution in [0.2, 0.25) is 0 Å². The summed E-state index contributed by atoms with van der Waals surface area (Å²) in [6.45, 7) is 4.48. The second kappa shape index (κ2) is 4.49. The highest BCUT2D eigenvalue weighted by Gasteiger charge is 2.19. The molecule has 1 aromatic heterocycles. The van der Waals surface area contributed by atoms with Gasteiger partial charge >= 0.3 is 0 Å². The zero-order valence-electron chi connectivity index (χ0n) is 10.3. The number of aromatic amines is 1. The molecule has 0 bridgehead atoms.